The van der Waals surface area contributed by atoms with Crippen molar-refractivity contribution in [2.75, 3.05) is 0 Å². The molecule has 0 heterocycles. The normalized spacial score (nSPS) is 31.7. The Balaban J connectivity index is 2.52. The van der Waals surface area contributed by atoms with E-state index in [-0.39, 0.29) is 0 Å². The van der Waals surface area contributed by atoms with E-state index in [1.807, 2.05) is 0 Å². The van der Waals surface area contributed by atoms with E-state index < -0.39 is 0 Å². The third-order valence-corrected chi connectivity index (χ3v) is 2.50. The summed E-state index contributed by atoms with van der Waals surface area (Å²) in [5.74, 6) is 2.50. The Kier molecular flexibility index (Phi) is 2.58. The van der Waals surface area contributed by atoms with Gasteiger partial charge in [0.05, 0.1) is 0 Å². The van der Waals surface area contributed by atoms with Crippen molar-refractivity contribution in [3.8, 4) is 0 Å². The number of allylic oxidation sites excluding steroid dienone is 1. The molecule has 0 amide bonds. The zero-order valence-electron chi connectivity index (χ0n) is 5.56. The van der Waals surface area contributed by atoms with Crippen LogP contribution in [0.2, 0.25) is 6.04 Å². The fraction of sp³-hybridized carbons (Fsp3) is 0.714. The van der Waals surface area contributed by atoms with Gasteiger partial charge in [-0.2, -0.15) is 0 Å². The van der Waals surface area contributed by atoms with Gasteiger partial charge >= 0.3 is 0 Å². The third kappa shape index (κ3) is 1.48. The van der Waals surface area contributed by atoms with Crippen molar-refractivity contribution >= 4 is 18.1 Å². The van der Waals surface area contributed by atoms with Gasteiger partial charge in [-0.15, -0.1) is 5.98 Å². The fourth-order valence-corrected chi connectivity index (χ4v) is 1.86. The molecule has 0 aromatic heterocycles. The van der Waals surface area contributed by atoms with Gasteiger partial charge in [0.25, 0.3) is 0 Å². The first-order valence-corrected chi connectivity index (χ1v) is 4.14. The predicted molar refractivity (Wildman–Crippen MR) is 41.7 cm³/mol. The smallest absolute Gasteiger partial charge is 0.102 e. The molecule has 2 heteroatoms. The van der Waals surface area contributed by atoms with Crippen LogP contribution in [0.25, 0.3) is 0 Å². The fourth-order valence-electron chi connectivity index (χ4n) is 1.39. The van der Waals surface area contributed by atoms with E-state index >= 15 is 0 Å². The zero-order chi connectivity index (χ0) is 6.69. The summed E-state index contributed by atoms with van der Waals surface area (Å²) in [6, 6.07) is 1.07. The molecule has 0 N–H and O–H groups in total. The molecule has 0 nitrogen and oxygen atoms in total. The summed E-state index contributed by atoms with van der Waals surface area (Å²) in [6.45, 7) is 0. The monoisotopic (exact) mass is 133 g/mol. The average molecular weight is 133 g/mol. The van der Waals surface area contributed by atoms with Crippen LogP contribution in [0.4, 0.5) is 0 Å². The minimum Gasteiger partial charge on any atom is -0.132 e. The van der Waals surface area contributed by atoms with E-state index in [2.05, 4.69) is 10.2 Å². The highest BCUT2D eigenvalue weighted by Crippen LogP contribution is 2.32. The van der Waals surface area contributed by atoms with Gasteiger partial charge in [0, 0.05) is 10.2 Å². The lowest BCUT2D eigenvalue weighted by atomic mass is 9.97. The Morgan fingerprint density at radius 1 is 1.78 bits per heavy atom. The van der Waals surface area contributed by atoms with Crippen LogP contribution in [-0.2, 0) is 0 Å². The largest absolute Gasteiger partial charge is 0.132 e. The topological polar surface area (TPSA) is 0 Å². The molecule has 0 aromatic rings. The maximum atomic E-state index is 5.42. The lowest BCUT2D eigenvalue weighted by molar-refractivity contribution is 0.696. The van der Waals surface area contributed by atoms with E-state index in [4.69, 9.17) is 7.85 Å². The van der Waals surface area contributed by atoms with Gasteiger partial charge in [-0.3, -0.25) is 0 Å². The van der Waals surface area contributed by atoms with Gasteiger partial charge in [-0.1, -0.05) is 11.6 Å². The van der Waals surface area contributed by atoms with Crippen LogP contribution >= 0.6 is 0 Å². The first-order chi connectivity index (χ1) is 4.38. The minimum absolute atomic E-state index is 0.728. The van der Waals surface area contributed by atoms with Gasteiger partial charge in [-0.25, -0.2) is 0 Å². The molecule has 1 fully saturated rings. The van der Waals surface area contributed by atoms with Crippen molar-refractivity contribution in [1.29, 1.82) is 0 Å². The summed E-state index contributed by atoms with van der Waals surface area (Å²) in [4.78, 5) is 0. The molecule has 0 saturated heterocycles. The predicted octanol–water partition coefficient (Wildman–Crippen LogP) is 1.43. The SMILES string of the molecule is [B]/C=C1/CCCC1C[Si]. The van der Waals surface area contributed by atoms with E-state index in [0.29, 0.717) is 0 Å². The first-order valence-electron chi connectivity index (χ1n) is 3.43. The average Bonchev–Trinajstić information content (AvgIpc) is 2.33. The Morgan fingerprint density at radius 2 is 2.56 bits per heavy atom. The molecular weight excluding hydrogens is 123 g/mol. The molecule has 1 saturated carbocycles. The second-order valence-corrected chi connectivity index (χ2v) is 2.94. The summed E-state index contributed by atoms with van der Waals surface area (Å²) >= 11 is 0. The molecule has 5 radical (unpaired) electrons. The van der Waals surface area contributed by atoms with E-state index in [1.54, 1.807) is 5.98 Å². The molecular formula is C7H10BSi. The third-order valence-electron chi connectivity index (χ3n) is 2.00. The molecule has 1 aliphatic rings. The van der Waals surface area contributed by atoms with Gasteiger partial charge < -0.3 is 0 Å². The van der Waals surface area contributed by atoms with Gasteiger partial charge in [-0.05, 0) is 25.2 Å². The molecule has 9 heavy (non-hydrogen) atoms. The van der Waals surface area contributed by atoms with Crippen molar-refractivity contribution in [3.63, 3.8) is 0 Å². The van der Waals surface area contributed by atoms with E-state index in [1.165, 1.54) is 24.8 Å². The van der Waals surface area contributed by atoms with Gasteiger partial charge in [0.15, 0.2) is 0 Å². The van der Waals surface area contributed by atoms with Crippen LogP contribution in [-0.4, -0.2) is 18.1 Å². The van der Waals surface area contributed by atoms with Crippen molar-refractivity contribution in [2.24, 2.45) is 5.92 Å². The summed E-state index contributed by atoms with van der Waals surface area (Å²) in [7, 11) is 8.92. The van der Waals surface area contributed by atoms with Crippen LogP contribution in [0.3, 0.4) is 0 Å². The summed E-state index contributed by atoms with van der Waals surface area (Å²) in [6.07, 6.45) is 3.84. The van der Waals surface area contributed by atoms with Crippen LogP contribution in [0.15, 0.2) is 11.5 Å². The summed E-state index contributed by atoms with van der Waals surface area (Å²) in [5, 5.41) is 0. The van der Waals surface area contributed by atoms with Crippen molar-refractivity contribution in [1.82, 2.24) is 0 Å². The maximum absolute atomic E-state index is 5.42. The molecule has 1 atom stereocenters. The van der Waals surface area contributed by atoms with Crippen LogP contribution < -0.4 is 0 Å². The van der Waals surface area contributed by atoms with Crippen molar-refractivity contribution in [2.45, 2.75) is 25.3 Å². The lowest BCUT2D eigenvalue weighted by Gasteiger charge is -2.06. The summed E-state index contributed by atoms with van der Waals surface area (Å²) < 4.78 is 0. The van der Waals surface area contributed by atoms with Crippen LogP contribution in [0, 0.1) is 5.92 Å². The molecule has 0 bridgehead atoms. The zero-order valence-corrected chi connectivity index (χ0v) is 6.56. The van der Waals surface area contributed by atoms with Crippen LogP contribution in [0.5, 0.6) is 0 Å². The number of hydrogen-bond acceptors (Lipinski definition) is 0. The molecule has 1 rings (SSSR count). The van der Waals surface area contributed by atoms with E-state index in [0.717, 1.165) is 12.0 Å². The second kappa shape index (κ2) is 3.26. The Morgan fingerprint density at radius 3 is 3.00 bits per heavy atom. The number of hydrogen-bond donors (Lipinski definition) is 0. The molecule has 0 aromatic carbocycles. The van der Waals surface area contributed by atoms with Gasteiger partial charge in [0.1, 0.15) is 7.85 Å². The van der Waals surface area contributed by atoms with E-state index in [9.17, 15) is 0 Å². The highest BCUT2D eigenvalue weighted by Gasteiger charge is 2.16. The van der Waals surface area contributed by atoms with Crippen molar-refractivity contribution in [3.05, 3.63) is 11.5 Å². The quantitative estimate of drug-likeness (QED) is 0.474. The molecule has 0 aliphatic heterocycles. The highest BCUT2D eigenvalue weighted by molar-refractivity contribution is 6.17. The second-order valence-electron chi connectivity index (χ2n) is 2.53. The first kappa shape index (κ1) is 7.13. The Labute approximate surface area is 61.6 Å². The summed E-state index contributed by atoms with van der Waals surface area (Å²) in [5.41, 5.74) is 1.44. The highest BCUT2D eigenvalue weighted by atomic mass is 28.1. The standard InChI is InChI=1S/C7H10BSi/c8-4-6-2-1-3-7(6)5-9/h4,7H,1-3,5H2/b6-4-. The molecule has 1 aliphatic carbocycles. The lowest BCUT2D eigenvalue weighted by Crippen LogP contribution is -1.94. The maximum Gasteiger partial charge on any atom is 0.102 e. The molecule has 0 spiro atoms. The Hall–Kier alpha value is 0.0218. The van der Waals surface area contributed by atoms with Crippen molar-refractivity contribution < 1.29 is 0 Å². The van der Waals surface area contributed by atoms with Crippen LogP contribution in [0.1, 0.15) is 19.3 Å². The molecule has 1 unspecified atom stereocenters. The number of rotatable bonds is 1. The minimum atomic E-state index is 0.728. The van der Waals surface area contributed by atoms with Gasteiger partial charge in [0.2, 0.25) is 0 Å². The Bertz CT molecular complexity index is 120. The molecule has 45 valence electrons.